The minimum atomic E-state index is 0.0202. The first kappa shape index (κ1) is 10.6. The first-order valence-corrected chi connectivity index (χ1v) is 4.45. The Balaban J connectivity index is 3.00. The Hall–Kier alpha value is 0.580. The van der Waals surface area contributed by atoms with E-state index in [0.717, 1.165) is 0 Å². The van der Waals surface area contributed by atoms with Crippen LogP contribution in [-0.4, -0.2) is 29.1 Å². The Bertz CT molecular complexity index is 63.9. The van der Waals surface area contributed by atoms with E-state index in [1.807, 2.05) is 6.92 Å². The molecule has 0 bridgehead atoms. The highest BCUT2D eigenvalue weighted by atomic mass is 32.2. The van der Waals surface area contributed by atoms with Crippen molar-refractivity contribution in [2.45, 2.75) is 13.0 Å². The van der Waals surface area contributed by atoms with E-state index in [0.29, 0.717) is 24.6 Å². The van der Waals surface area contributed by atoms with Gasteiger partial charge in [-0.2, -0.15) is 12.6 Å². The summed E-state index contributed by atoms with van der Waals surface area (Å²) in [6, 6.07) is 0. The summed E-state index contributed by atoms with van der Waals surface area (Å²) in [5.41, 5.74) is 0. The molecule has 1 atom stereocenters. The largest absolute Gasteiger partial charge is 0.368 e. The summed E-state index contributed by atoms with van der Waals surface area (Å²) in [6.07, 6.45) is 0.0202. The molecule has 3 nitrogen and oxygen atoms in total. The number of rotatable bonds is 6. The number of thiol groups is 1. The van der Waals surface area contributed by atoms with Gasteiger partial charge in [0.25, 0.3) is 0 Å². The molecule has 62 valence electrons. The molecule has 0 aliphatic carbocycles. The van der Waals surface area contributed by atoms with Crippen LogP contribution in [0.4, 0.5) is 0 Å². The Labute approximate surface area is 70.7 Å². The second-order valence-electron chi connectivity index (χ2n) is 1.72. The third-order valence-corrected chi connectivity index (χ3v) is 1.27. The van der Waals surface area contributed by atoms with Gasteiger partial charge >= 0.3 is 0 Å². The van der Waals surface area contributed by atoms with E-state index in [9.17, 15) is 0 Å². The van der Waals surface area contributed by atoms with Gasteiger partial charge in [-0.15, -0.1) is 0 Å². The highest BCUT2D eigenvalue weighted by molar-refractivity contribution is 7.93. The fraction of sp³-hybridized carbons (Fsp3) is 1.00. The van der Waals surface area contributed by atoms with Crippen molar-refractivity contribution >= 4 is 24.7 Å². The minimum Gasteiger partial charge on any atom is -0.368 e. The topological polar surface area (TPSA) is 38.7 Å². The van der Waals surface area contributed by atoms with Crippen LogP contribution in [0.25, 0.3) is 0 Å². The van der Waals surface area contributed by atoms with Crippen molar-refractivity contribution < 1.29 is 14.0 Å². The normalized spacial score (nSPS) is 13.5. The zero-order chi connectivity index (χ0) is 7.82. The second-order valence-corrected chi connectivity index (χ2v) is 2.48. The van der Waals surface area contributed by atoms with Crippen LogP contribution >= 0.6 is 24.7 Å². The summed E-state index contributed by atoms with van der Waals surface area (Å²) in [7, 11) is 0. The van der Waals surface area contributed by atoms with E-state index in [4.69, 9.17) is 14.0 Å². The summed E-state index contributed by atoms with van der Waals surface area (Å²) < 4.78 is 18.3. The third-order valence-electron chi connectivity index (χ3n) is 0.849. The molecule has 0 fully saturated rings. The summed E-state index contributed by atoms with van der Waals surface area (Å²) >= 11 is 4.52. The molecule has 0 aliphatic heterocycles. The predicted octanol–water partition coefficient (Wildman–Crippen LogP) is 1.46. The van der Waals surface area contributed by atoms with Gasteiger partial charge in [0.15, 0.2) is 0 Å². The van der Waals surface area contributed by atoms with Crippen LogP contribution in [0.1, 0.15) is 6.92 Å². The van der Waals surface area contributed by atoms with Crippen molar-refractivity contribution in [3.63, 3.8) is 0 Å². The Kier molecular flexibility index (Phi) is 8.13. The molecular formula is C5H12O3S2. The van der Waals surface area contributed by atoms with Crippen LogP contribution in [0, 0.1) is 0 Å². The molecular weight excluding hydrogens is 172 g/mol. The van der Waals surface area contributed by atoms with Gasteiger partial charge in [-0.25, -0.2) is 0 Å². The second kappa shape index (κ2) is 7.68. The van der Waals surface area contributed by atoms with Crippen molar-refractivity contribution in [2.24, 2.45) is 0 Å². The van der Waals surface area contributed by atoms with Gasteiger partial charge in [-0.3, -0.25) is 0 Å². The maximum absolute atomic E-state index is 8.28. The zero-order valence-corrected chi connectivity index (χ0v) is 7.53. The van der Waals surface area contributed by atoms with E-state index in [1.54, 1.807) is 0 Å². The molecule has 0 radical (unpaired) electrons. The van der Waals surface area contributed by atoms with E-state index < -0.39 is 0 Å². The van der Waals surface area contributed by atoms with Gasteiger partial charge in [0.1, 0.15) is 5.94 Å². The molecule has 0 aromatic rings. The molecule has 0 saturated heterocycles. The molecule has 0 rings (SSSR count). The molecule has 0 spiro atoms. The number of hydrogen-bond donors (Lipinski definition) is 2. The zero-order valence-electron chi connectivity index (χ0n) is 5.82. The fourth-order valence-corrected chi connectivity index (χ4v) is 0.812. The van der Waals surface area contributed by atoms with Gasteiger partial charge in [-0.05, 0) is 6.92 Å². The van der Waals surface area contributed by atoms with Crippen molar-refractivity contribution in [1.82, 2.24) is 0 Å². The molecule has 0 aromatic heterocycles. The SMILES string of the molecule is CC(COCS)OCSO. The van der Waals surface area contributed by atoms with E-state index in [-0.39, 0.29) is 12.0 Å². The average molecular weight is 184 g/mol. The lowest BCUT2D eigenvalue weighted by Gasteiger charge is -2.10. The molecule has 1 N–H and O–H groups in total. The molecule has 0 aromatic carbocycles. The van der Waals surface area contributed by atoms with Crippen LogP contribution in [0.3, 0.4) is 0 Å². The van der Waals surface area contributed by atoms with Gasteiger partial charge in [0.2, 0.25) is 0 Å². The van der Waals surface area contributed by atoms with E-state index >= 15 is 0 Å². The van der Waals surface area contributed by atoms with E-state index in [2.05, 4.69) is 12.6 Å². The van der Waals surface area contributed by atoms with Crippen molar-refractivity contribution in [3.05, 3.63) is 0 Å². The van der Waals surface area contributed by atoms with Crippen LogP contribution in [0.15, 0.2) is 0 Å². The first-order chi connectivity index (χ1) is 4.81. The van der Waals surface area contributed by atoms with Crippen LogP contribution < -0.4 is 0 Å². The first-order valence-electron chi connectivity index (χ1n) is 2.87. The smallest absolute Gasteiger partial charge is 0.118 e. The standard InChI is InChI=1S/C5H12O3S2/c1-5(2-7-3-9)8-4-10-6/h5-6,9H,2-4H2,1H3. The lowest BCUT2D eigenvalue weighted by atomic mass is 10.4. The Morgan fingerprint density at radius 1 is 1.70 bits per heavy atom. The molecule has 10 heavy (non-hydrogen) atoms. The lowest BCUT2D eigenvalue weighted by Crippen LogP contribution is -2.15. The monoisotopic (exact) mass is 184 g/mol. The van der Waals surface area contributed by atoms with Crippen LogP contribution in [0.5, 0.6) is 0 Å². The van der Waals surface area contributed by atoms with Gasteiger partial charge in [-0.1, -0.05) is 0 Å². The minimum absolute atomic E-state index is 0.0202. The molecule has 5 heteroatoms. The van der Waals surface area contributed by atoms with Crippen molar-refractivity contribution in [2.75, 3.05) is 18.5 Å². The van der Waals surface area contributed by atoms with Crippen molar-refractivity contribution in [3.8, 4) is 0 Å². The number of hydrogen-bond acceptors (Lipinski definition) is 5. The predicted molar refractivity (Wildman–Crippen MR) is 45.4 cm³/mol. The third kappa shape index (κ3) is 6.70. The molecule has 0 aliphatic rings. The quantitative estimate of drug-likeness (QED) is 0.372. The summed E-state index contributed by atoms with van der Waals surface area (Å²) in [6.45, 7) is 2.39. The molecule has 1 unspecified atom stereocenters. The summed E-state index contributed by atoms with van der Waals surface area (Å²) in [4.78, 5) is 0. The molecule has 0 heterocycles. The van der Waals surface area contributed by atoms with Crippen LogP contribution in [-0.2, 0) is 9.47 Å². The Morgan fingerprint density at radius 3 is 2.90 bits per heavy atom. The van der Waals surface area contributed by atoms with Gasteiger partial charge in [0.05, 0.1) is 18.6 Å². The molecule has 0 saturated carbocycles. The van der Waals surface area contributed by atoms with Gasteiger partial charge < -0.3 is 14.0 Å². The maximum Gasteiger partial charge on any atom is 0.118 e. The van der Waals surface area contributed by atoms with E-state index in [1.165, 1.54) is 0 Å². The molecule has 0 amide bonds. The number of ether oxygens (including phenoxy) is 2. The fourth-order valence-electron chi connectivity index (χ4n) is 0.413. The highest BCUT2D eigenvalue weighted by Gasteiger charge is 1.99. The highest BCUT2D eigenvalue weighted by Crippen LogP contribution is 1.98. The summed E-state index contributed by atoms with van der Waals surface area (Å²) in [5, 5.41) is 0. The van der Waals surface area contributed by atoms with Crippen molar-refractivity contribution in [1.29, 1.82) is 0 Å². The van der Waals surface area contributed by atoms with Crippen LogP contribution in [0.2, 0.25) is 0 Å². The van der Waals surface area contributed by atoms with Gasteiger partial charge in [0, 0.05) is 12.0 Å². The maximum atomic E-state index is 8.28. The average Bonchev–Trinajstić information content (AvgIpc) is 1.97. The lowest BCUT2D eigenvalue weighted by molar-refractivity contribution is 0.0273. The summed E-state index contributed by atoms with van der Waals surface area (Å²) in [5.74, 6) is 0.692. The Morgan fingerprint density at radius 2 is 2.40 bits per heavy atom.